The first-order valence-corrected chi connectivity index (χ1v) is 8.38. The maximum Gasteiger partial charge on any atom is 0.185 e. The first-order chi connectivity index (χ1) is 10.5. The van der Waals surface area contributed by atoms with Gasteiger partial charge in [-0.15, -0.1) is 0 Å². The average molecular weight is 319 g/mol. The van der Waals surface area contributed by atoms with Gasteiger partial charge in [-0.3, -0.25) is 0 Å². The molecule has 1 N–H and O–H groups in total. The SMILES string of the molecule is CC(O)CCN(C)Cc1sc(N(C)C)nc1-c1ccccc1. The zero-order chi connectivity index (χ0) is 16.1. The third-order valence-electron chi connectivity index (χ3n) is 3.46. The van der Waals surface area contributed by atoms with Gasteiger partial charge in [0.25, 0.3) is 0 Å². The summed E-state index contributed by atoms with van der Waals surface area (Å²) in [5.41, 5.74) is 2.23. The number of aromatic nitrogens is 1. The highest BCUT2D eigenvalue weighted by molar-refractivity contribution is 7.16. The molecule has 0 aliphatic rings. The minimum Gasteiger partial charge on any atom is -0.393 e. The molecule has 120 valence electrons. The summed E-state index contributed by atoms with van der Waals surface area (Å²) in [4.78, 5) is 10.4. The molecule has 1 unspecified atom stereocenters. The highest BCUT2D eigenvalue weighted by Gasteiger charge is 2.15. The summed E-state index contributed by atoms with van der Waals surface area (Å²) < 4.78 is 0. The molecule has 0 fully saturated rings. The summed E-state index contributed by atoms with van der Waals surface area (Å²) in [6, 6.07) is 10.3. The van der Waals surface area contributed by atoms with Gasteiger partial charge in [0.15, 0.2) is 5.13 Å². The standard InChI is InChI=1S/C17H25N3OS/c1-13(21)10-11-20(4)12-15-16(14-8-6-5-7-9-14)18-17(22-15)19(2)3/h5-9,13,21H,10-12H2,1-4H3. The zero-order valence-corrected chi connectivity index (χ0v) is 14.6. The number of hydrogen-bond acceptors (Lipinski definition) is 5. The maximum absolute atomic E-state index is 9.43. The number of thiazole rings is 1. The lowest BCUT2D eigenvalue weighted by atomic mass is 10.1. The van der Waals surface area contributed by atoms with E-state index in [-0.39, 0.29) is 6.10 Å². The minimum absolute atomic E-state index is 0.255. The van der Waals surface area contributed by atoms with Gasteiger partial charge in [-0.25, -0.2) is 4.98 Å². The molecule has 1 atom stereocenters. The third-order valence-corrected chi connectivity index (χ3v) is 4.67. The lowest BCUT2D eigenvalue weighted by molar-refractivity contribution is 0.163. The quantitative estimate of drug-likeness (QED) is 0.851. The summed E-state index contributed by atoms with van der Waals surface area (Å²) in [6.07, 6.45) is 0.533. The first kappa shape index (κ1) is 16.9. The third kappa shape index (κ3) is 4.53. The van der Waals surface area contributed by atoms with Gasteiger partial charge in [0.1, 0.15) is 0 Å². The van der Waals surface area contributed by atoms with Crippen LogP contribution in [0, 0.1) is 0 Å². The maximum atomic E-state index is 9.43. The Hall–Kier alpha value is -1.43. The Balaban J connectivity index is 2.22. The van der Waals surface area contributed by atoms with Crippen molar-refractivity contribution in [3.63, 3.8) is 0 Å². The van der Waals surface area contributed by atoms with E-state index in [1.165, 1.54) is 4.88 Å². The van der Waals surface area contributed by atoms with Crippen molar-refractivity contribution in [3.05, 3.63) is 35.2 Å². The van der Waals surface area contributed by atoms with Gasteiger partial charge in [-0.2, -0.15) is 0 Å². The molecule has 0 saturated heterocycles. The van der Waals surface area contributed by atoms with Crippen molar-refractivity contribution in [2.45, 2.75) is 26.0 Å². The summed E-state index contributed by atoms with van der Waals surface area (Å²) >= 11 is 1.74. The average Bonchev–Trinajstić information content (AvgIpc) is 2.90. The smallest absolute Gasteiger partial charge is 0.185 e. The molecule has 1 aromatic carbocycles. The predicted molar refractivity (Wildman–Crippen MR) is 94.5 cm³/mol. The van der Waals surface area contributed by atoms with Crippen LogP contribution < -0.4 is 4.90 Å². The number of nitrogens with zero attached hydrogens (tertiary/aromatic N) is 3. The van der Waals surface area contributed by atoms with Gasteiger partial charge < -0.3 is 14.9 Å². The molecule has 0 saturated carbocycles. The fourth-order valence-electron chi connectivity index (χ4n) is 2.19. The summed E-state index contributed by atoms with van der Waals surface area (Å²) in [6.45, 7) is 3.56. The molecule has 0 radical (unpaired) electrons. The van der Waals surface area contributed by atoms with Crippen molar-refractivity contribution in [3.8, 4) is 11.3 Å². The van der Waals surface area contributed by atoms with E-state index >= 15 is 0 Å². The number of hydrogen-bond donors (Lipinski definition) is 1. The summed E-state index contributed by atoms with van der Waals surface area (Å²) in [5, 5.41) is 10.5. The van der Waals surface area contributed by atoms with E-state index in [2.05, 4.69) is 29.0 Å². The van der Waals surface area contributed by atoms with Gasteiger partial charge in [-0.05, 0) is 20.4 Å². The van der Waals surface area contributed by atoms with Crippen molar-refractivity contribution in [2.24, 2.45) is 0 Å². The summed E-state index contributed by atoms with van der Waals surface area (Å²) in [5.74, 6) is 0. The number of benzene rings is 1. The Bertz CT molecular complexity index is 581. The van der Waals surface area contributed by atoms with Crippen LogP contribution in [-0.4, -0.2) is 48.8 Å². The minimum atomic E-state index is -0.255. The molecule has 2 rings (SSSR count). The molecule has 0 aliphatic heterocycles. The second-order valence-corrected chi connectivity index (χ2v) is 6.97. The Morgan fingerprint density at radius 3 is 2.45 bits per heavy atom. The van der Waals surface area contributed by atoms with E-state index in [1.54, 1.807) is 11.3 Å². The normalized spacial score (nSPS) is 12.6. The second kappa shape index (κ2) is 7.72. The monoisotopic (exact) mass is 319 g/mol. The van der Waals surface area contributed by atoms with Crippen molar-refractivity contribution < 1.29 is 5.11 Å². The van der Waals surface area contributed by atoms with Gasteiger partial charge in [0.2, 0.25) is 0 Å². The van der Waals surface area contributed by atoms with E-state index in [0.29, 0.717) is 0 Å². The van der Waals surface area contributed by atoms with Crippen molar-refractivity contribution in [1.29, 1.82) is 0 Å². The molecule has 0 aliphatic carbocycles. The highest BCUT2D eigenvalue weighted by atomic mass is 32.1. The Labute approximate surface area is 137 Å². The predicted octanol–water partition coefficient (Wildman–Crippen LogP) is 3.08. The van der Waals surface area contributed by atoms with Crippen molar-refractivity contribution in [1.82, 2.24) is 9.88 Å². The largest absolute Gasteiger partial charge is 0.393 e. The molecule has 2 aromatic rings. The summed E-state index contributed by atoms with van der Waals surface area (Å²) in [7, 11) is 6.13. The molecule has 0 spiro atoms. The molecule has 5 heteroatoms. The molecule has 0 amide bonds. The van der Waals surface area contributed by atoms with Crippen LogP contribution in [0.4, 0.5) is 5.13 Å². The van der Waals surface area contributed by atoms with Gasteiger partial charge >= 0.3 is 0 Å². The van der Waals surface area contributed by atoms with E-state index in [9.17, 15) is 5.11 Å². The van der Waals surface area contributed by atoms with E-state index in [0.717, 1.165) is 35.9 Å². The van der Waals surface area contributed by atoms with Gasteiger partial charge in [-0.1, -0.05) is 41.7 Å². The van der Waals surface area contributed by atoms with E-state index < -0.39 is 0 Å². The van der Waals surface area contributed by atoms with Gasteiger partial charge in [0, 0.05) is 37.6 Å². The number of aliphatic hydroxyl groups excluding tert-OH is 1. The molecular formula is C17H25N3OS. The number of aliphatic hydroxyl groups is 1. The number of anilines is 1. The lowest BCUT2D eigenvalue weighted by Gasteiger charge is -2.17. The fraction of sp³-hybridized carbons (Fsp3) is 0.471. The molecule has 22 heavy (non-hydrogen) atoms. The van der Waals surface area contributed by atoms with E-state index in [4.69, 9.17) is 4.98 Å². The molecule has 1 heterocycles. The first-order valence-electron chi connectivity index (χ1n) is 7.56. The Kier molecular flexibility index (Phi) is 5.94. The van der Waals surface area contributed by atoms with Crippen LogP contribution in [-0.2, 0) is 6.54 Å². The molecular weight excluding hydrogens is 294 g/mol. The lowest BCUT2D eigenvalue weighted by Crippen LogP contribution is -2.21. The van der Waals surface area contributed by atoms with Crippen LogP contribution in [0.3, 0.4) is 0 Å². The molecule has 0 bridgehead atoms. The van der Waals surface area contributed by atoms with Crippen LogP contribution >= 0.6 is 11.3 Å². The van der Waals surface area contributed by atoms with Crippen LogP contribution in [0.1, 0.15) is 18.2 Å². The van der Waals surface area contributed by atoms with Gasteiger partial charge in [0.05, 0.1) is 11.8 Å². The Morgan fingerprint density at radius 1 is 1.18 bits per heavy atom. The Morgan fingerprint density at radius 2 is 1.86 bits per heavy atom. The van der Waals surface area contributed by atoms with Crippen LogP contribution in [0.25, 0.3) is 11.3 Å². The van der Waals surface area contributed by atoms with E-state index in [1.807, 2.05) is 39.2 Å². The molecule has 4 nitrogen and oxygen atoms in total. The van der Waals surface area contributed by atoms with Crippen molar-refractivity contribution in [2.75, 3.05) is 32.6 Å². The molecule has 1 aromatic heterocycles. The van der Waals surface area contributed by atoms with Crippen LogP contribution in [0.15, 0.2) is 30.3 Å². The van der Waals surface area contributed by atoms with Crippen molar-refractivity contribution >= 4 is 16.5 Å². The highest BCUT2D eigenvalue weighted by Crippen LogP contribution is 2.33. The second-order valence-electron chi connectivity index (χ2n) is 5.90. The number of rotatable bonds is 7. The topological polar surface area (TPSA) is 39.6 Å². The zero-order valence-electron chi connectivity index (χ0n) is 13.8. The fourth-order valence-corrected chi connectivity index (χ4v) is 3.28. The van der Waals surface area contributed by atoms with Crippen LogP contribution in [0.5, 0.6) is 0 Å². The van der Waals surface area contributed by atoms with Crippen LogP contribution in [0.2, 0.25) is 0 Å².